The van der Waals surface area contributed by atoms with E-state index in [0.717, 1.165) is 10.6 Å². The molecule has 0 bridgehead atoms. The van der Waals surface area contributed by atoms with Crippen molar-refractivity contribution in [2.24, 2.45) is 0 Å². The van der Waals surface area contributed by atoms with Gasteiger partial charge in [0, 0.05) is 17.8 Å². The van der Waals surface area contributed by atoms with E-state index in [0.29, 0.717) is 24.2 Å². The molecule has 5 nitrogen and oxygen atoms in total. The van der Waals surface area contributed by atoms with Gasteiger partial charge in [-0.25, -0.2) is 9.78 Å². The van der Waals surface area contributed by atoms with Crippen molar-refractivity contribution in [2.45, 2.75) is 32.2 Å². The number of fused-ring (bicyclic) bond motifs is 1. The summed E-state index contributed by atoms with van der Waals surface area (Å²) < 4.78 is 0. The van der Waals surface area contributed by atoms with E-state index in [1.165, 1.54) is 16.2 Å². The number of hydrogen-bond acceptors (Lipinski definition) is 4. The van der Waals surface area contributed by atoms with E-state index < -0.39 is 12.0 Å². The van der Waals surface area contributed by atoms with Crippen LogP contribution in [-0.2, 0) is 11.2 Å². The zero-order chi connectivity index (χ0) is 16.6. The maximum absolute atomic E-state index is 12.8. The first-order chi connectivity index (χ1) is 11.0. The molecule has 1 aliphatic rings. The molecule has 3 rings (SSSR count). The fourth-order valence-corrected chi connectivity index (χ4v) is 3.66. The fraction of sp³-hybridized carbons (Fsp3) is 0.353. The van der Waals surface area contributed by atoms with Gasteiger partial charge in [-0.2, -0.15) is 0 Å². The molecule has 1 atom stereocenters. The van der Waals surface area contributed by atoms with Crippen LogP contribution in [-0.4, -0.2) is 33.4 Å². The molecule has 0 saturated carbocycles. The van der Waals surface area contributed by atoms with Crippen LogP contribution in [0.15, 0.2) is 29.6 Å². The largest absolute Gasteiger partial charge is 0.479 e. The molecular formula is C17H18N2O3S. The average Bonchev–Trinajstić information content (AvgIpc) is 3.03. The van der Waals surface area contributed by atoms with E-state index in [1.54, 1.807) is 11.4 Å². The molecule has 0 spiro atoms. The maximum atomic E-state index is 12.8. The Balaban J connectivity index is 1.95. The molecule has 6 heteroatoms. The molecule has 0 saturated heterocycles. The number of amides is 1. The highest BCUT2D eigenvalue weighted by Crippen LogP contribution is 2.31. The van der Waals surface area contributed by atoms with Gasteiger partial charge in [0.05, 0.1) is 5.01 Å². The number of benzene rings is 1. The summed E-state index contributed by atoms with van der Waals surface area (Å²) in [5.74, 6) is -1.07. The van der Waals surface area contributed by atoms with Crippen LogP contribution in [0.5, 0.6) is 0 Å². The lowest BCUT2D eigenvalue weighted by atomic mass is 9.92. The van der Waals surface area contributed by atoms with Crippen LogP contribution < -0.4 is 0 Å². The summed E-state index contributed by atoms with van der Waals surface area (Å²) in [6.45, 7) is 4.43. The standard InChI is InChI=1S/C17H18N2O3S/c1-10(2)15-18-13(9-23-15)16(20)19-8-7-11-5-3-4-6-12(11)14(19)17(21)22/h3-6,9-10,14H,7-8H2,1-2H3,(H,21,22)/t14-/m0/s1. The average molecular weight is 330 g/mol. The second kappa shape index (κ2) is 6.12. The summed E-state index contributed by atoms with van der Waals surface area (Å²) in [6.07, 6.45) is 0.660. The van der Waals surface area contributed by atoms with Gasteiger partial charge in [-0.1, -0.05) is 38.1 Å². The smallest absolute Gasteiger partial charge is 0.331 e. The number of thiazole rings is 1. The predicted octanol–water partition coefficient (Wildman–Crippen LogP) is 3.09. The number of carboxylic acid groups (broad SMARTS) is 1. The monoisotopic (exact) mass is 330 g/mol. The van der Waals surface area contributed by atoms with Crippen LogP contribution in [0.2, 0.25) is 0 Å². The van der Waals surface area contributed by atoms with E-state index in [1.807, 2.05) is 32.0 Å². The van der Waals surface area contributed by atoms with Gasteiger partial charge in [-0.05, 0) is 17.5 Å². The minimum absolute atomic E-state index is 0.249. The summed E-state index contributed by atoms with van der Waals surface area (Å²) >= 11 is 1.44. The summed E-state index contributed by atoms with van der Waals surface area (Å²) in [5.41, 5.74) is 2.02. The Kier molecular flexibility index (Phi) is 4.17. The SMILES string of the molecule is CC(C)c1nc(C(=O)N2CCc3ccccc3[C@H]2C(=O)O)cs1. The fourth-order valence-electron chi connectivity index (χ4n) is 2.85. The number of carbonyl (C=O) groups excluding carboxylic acids is 1. The van der Waals surface area contributed by atoms with Crippen LogP contribution in [0.25, 0.3) is 0 Å². The number of carbonyl (C=O) groups is 2. The molecule has 0 fully saturated rings. The van der Waals surface area contributed by atoms with E-state index in [4.69, 9.17) is 0 Å². The highest BCUT2D eigenvalue weighted by Gasteiger charge is 2.36. The zero-order valence-electron chi connectivity index (χ0n) is 13.0. The van der Waals surface area contributed by atoms with E-state index in [2.05, 4.69) is 4.98 Å². The molecule has 0 radical (unpaired) electrons. The topological polar surface area (TPSA) is 70.5 Å². The van der Waals surface area contributed by atoms with Crippen molar-refractivity contribution in [2.75, 3.05) is 6.54 Å². The first-order valence-electron chi connectivity index (χ1n) is 7.56. The Hall–Kier alpha value is -2.21. The summed E-state index contributed by atoms with van der Waals surface area (Å²) in [6, 6.07) is 6.46. The lowest BCUT2D eigenvalue weighted by molar-refractivity contribution is -0.143. The number of aromatic nitrogens is 1. The quantitative estimate of drug-likeness (QED) is 0.939. The Labute approximate surface area is 138 Å². The van der Waals surface area contributed by atoms with E-state index in [-0.39, 0.29) is 11.8 Å². The Morgan fingerprint density at radius 1 is 1.35 bits per heavy atom. The summed E-state index contributed by atoms with van der Waals surface area (Å²) in [4.78, 5) is 30.3. The first kappa shape index (κ1) is 15.7. The van der Waals surface area contributed by atoms with E-state index >= 15 is 0 Å². The Bertz CT molecular complexity index is 754. The van der Waals surface area contributed by atoms with Crippen molar-refractivity contribution >= 4 is 23.2 Å². The van der Waals surface area contributed by atoms with Gasteiger partial charge >= 0.3 is 5.97 Å². The molecule has 1 N–H and O–H groups in total. The molecule has 1 aromatic heterocycles. The van der Waals surface area contributed by atoms with Gasteiger partial charge < -0.3 is 10.0 Å². The molecule has 120 valence electrons. The van der Waals surface area contributed by atoms with Gasteiger partial charge in [-0.15, -0.1) is 11.3 Å². The third-order valence-electron chi connectivity index (χ3n) is 4.01. The molecule has 2 aromatic rings. The van der Waals surface area contributed by atoms with E-state index in [9.17, 15) is 14.7 Å². The molecule has 2 heterocycles. The van der Waals surface area contributed by atoms with Gasteiger partial charge in [0.1, 0.15) is 5.69 Å². The second-order valence-electron chi connectivity index (χ2n) is 5.91. The maximum Gasteiger partial charge on any atom is 0.331 e. The van der Waals surface area contributed by atoms with Crippen molar-refractivity contribution in [1.82, 2.24) is 9.88 Å². The number of rotatable bonds is 3. The van der Waals surface area contributed by atoms with Crippen LogP contribution in [0.1, 0.15) is 52.4 Å². The summed E-state index contributed by atoms with van der Waals surface area (Å²) in [5, 5.41) is 12.2. The highest BCUT2D eigenvalue weighted by atomic mass is 32.1. The lowest BCUT2D eigenvalue weighted by Gasteiger charge is -2.34. The van der Waals surface area contributed by atoms with Crippen molar-refractivity contribution < 1.29 is 14.7 Å². The Morgan fingerprint density at radius 2 is 2.09 bits per heavy atom. The molecule has 1 aromatic carbocycles. The number of nitrogens with zero attached hydrogens (tertiary/aromatic N) is 2. The molecule has 23 heavy (non-hydrogen) atoms. The second-order valence-corrected chi connectivity index (χ2v) is 6.80. The first-order valence-corrected chi connectivity index (χ1v) is 8.44. The van der Waals surface area contributed by atoms with Gasteiger partial charge in [0.25, 0.3) is 5.91 Å². The molecule has 0 unspecified atom stereocenters. The van der Waals surface area contributed by atoms with Crippen molar-refractivity contribution in [1.29, 1.82) is 0 Å². The molecular weight excluding hydrogens is 312 g/mol. The molecule has 1 aliphatic heterocycles. The van der Waals surface area contributed by atoms with Crippen LogP contribution in [0.3, 0.4) is 0 Å². The highest BCUT2D eigenvalue weighted by molar-refractivity contribution is 7.09. The predicted molar refractivity (Wildman–Crippen MR) is 87.8 cm³/mol. The third kappa shape index (κ3) is 2.86. The van der Waals surface area contributed by atoms with Crippen LogP contribution in [0, 0.1) is 0 Å². The zero-order valence-corrected chi connectivity index (χ0v) is 13.8. The number of carboxylic acids is 1. The summed E-state index contributed by atoms with van der Waals surface area (Å²) in [7, 11) is 0. The van der Waals surface area contributed by atoms with Crippen molar-refractivity contribution in [3.8, 4) is 0 Å². The molecule has 0 aliphatic carbocycles. The molecule has 1 amide bonds. The minimum Gasteiger partial charge on any atom is -0.479 e. The van der Waals surface area contributed by atoms with Crippen LogP contribution in [0.4, 0.5) is 0 Å². The number of aliphatic carboxylic acids is 1. The van der Waals surface area contributed by atoms with Gasteiger partial charge in [-0.3, -0.25) is 4.79 Å². The number of hydrogen-bond donors (Lipinski definition) is 1. The Morgan fingerprint density at radius 3 is 2.74 bits per heavy atom. The van der Waals surface area contributed by atoms with Crippen LogP contribution >= 0.6 is 11.3 Å². The minimum atomic E-state index is -1.01. The van der Waals surface area contributed by atoms with Gasteiger partial charge in [0.2, 0.25) is 0 Å². The van der Waals surface area contributed by atoms with Crippen molar-refractivity contribution in [3.05, 3.63) is 51.5 Å². The third-order valence-corrected chi connectivity index (χ3v) is 5.16. The van der Waals surface area contributed by atoms with Crippen molar-refractivity contribution in [3.63, 3.8) is 0 Å². The normalized spacial score (nSPS) is 17.2. The van der Waals surface area contributed by atoms with Gasteiger partial charge in [0.15, 0.2) is 6.04 Å². The lowest BCUT2D eigenvalue weighted by Crippen LogP contribution is -2.43.